The standard InChI is InChI=1S/C10H6OS2/c11-8-5-9-6(1-3-12-9)7-2-4-13-10(7)8/h1-5,11H. The molecule has 0 saturated carbocycles. The third-order valence-electron chi connectivity index (χ3n) is 2.15. The molecule has 0 radical (unpaired) electrons. The summed E-state index contributed by atoms with van der Waals surface area (Å²) in [5.74, 6) is 0.403. The van der Waals surface area contributed by atoms with Crippen molar-refractivity contribution in [1.29, 1.82) is 0 Å². The largest absolute Gasteiger partial charge is 0.506 e. The molecule has 64 valence electrons. The van der Waals surface area contributed by atoms with Crippen LogP contribution in [0.4, 0.5) is 0 Å². The zero-order valence-electron chi connectivity index (χ0n) is 6.65. The quantitative estimate of drug-likeness (QED) is 0.592. The highest BCUT2D eigenvalue weighted by atomic mass is 32.1. The summed E-state index contributed by atoms with van der Waals surface area (Å²) in [4.78, 5) is 0. The fraction of sp³-hybridized carbons (Fsp3) is 0. The summed E-state index contributed by atoms with van der Waals surface area (Å²) in [6.07, 6.45) is 0. The molecule has 1 aromatic carbocycles. The highest BCUT2D eigenvalue weighted by Gasteiger charge is 2.06. The van der Waals surface area contributed by atoms with E-state index in [1.54, 1.807) is 22.7 Å². The van der Waals surface area contributed by atoms with Gasteiger partial charge in [0.2, 0.25) is 0 Å². The summed E-state index contributed by atoms with van der Waals surface area (Å²) >= 11 is 3.25. The van der Waals surface area contributed by atoms with Gasteiger partial charge in [-0.1, -0.05) is 0 Å². The minimum absolute atomic E-state index is 0.403. The van der Waals surface area contributed by atoms with E-state index >= 15 is 0 Å². The van der Waals surface area contributed by atoms with Crippen molar-refractivity contribution in [2.75, 3.05) is 0 Å². The second-order valence-electron chi connectivity index (χ2n) is 2.89. The Morgan fingerprint density at radius 1 is 1.00 bits per heavy atom. The van der Waals surface area contributed by atoms with E-state index in [9.17, 15) is 5.11 Å². The Hall–Kier alpha value is -1.06. The Morgan fingerprint density at radius 3 is 2.69 bits per heavy atom. The molecule has 1 nitrogen and oxygen atoms in total. The molecule has 0 aliphatic carbocycles. The topological polar surface area (TPSA) is 20.2 Å². The minimum atomic E-state index is 0.403. The van der Waals surface area contributed by atoms with Crippen LogP contribution in [0.15, 0.2) is 29.0 Å². The van der Waals surface area contributed by atoms with Crippen molar-refractivity contribution in [3.05, 3.63) is 29.0 Å². The lowest BCUT2D eigenvalue weighted by Gasteiger charge is -1.95. The van der Waals surface area contributed by atoms with Gasteiger partial charge in [-0.3, -0.25) is 0 Å². The SMILES string of the molecule is Oc1cc2sccc2c2ccsc12. The van der Waals surface area contributed by atoms with Gasteiger partial charge in [-0.2, -0.15) is 0 Å². The van der Waals surface area contributed by atoms with Crippen LogP contribution in [0.25, 0.3) is 20.2 Å². The zero-order valence-corrected chi connectivity index (χ0v) is 8.28. The van der Waals surface area contributed by atoms with Crippen molar-refractivity contribution in [2.45, 2.75) is 0 Å². The van der Waals surface area contributed by atoms with Crippen LogP contribution in [0, 0.1) is 0 Å². The first-order valence-electron chi connectivity index (χ1n) is 3.92. The monoisotopic (exact) mass is 206 g/mol. The number of rotatable bonds is 0. The molecule has 3 heteroatoms. The number of phenolic OH excluding ortho intramolecular Hbond substituents is 1. The van der Waals surface area contributed by atoms with Crippen LogP contribution in [0.1, 0.15) is 0 Å². The molecule has 2 heterocycles. The number of benzene rings is 1. The zero-order chi connectivity index (χ0) is 8.84. The van der Waals surface area contributed by atoms with E-state index in [1.807, 2.05) is 11.4 Å². The van der Waals surface area contributed by atoms with E-state index < -0.39 is 0 Å². The predicted molar refractivity (Wildman–Crippen MR) is 58.9 cm³/mol. The van der Waals surface area contributed by atoms with Gasteiger partial charge in [-0.25, -0.2) is 0 Å². The van der Waals surface area contributed by atoms with E-state index in [1.165, 1.54) is 10.8 Å². The second kappa shape index (κ2) is 2.47. The molecule has 0 amide bonds. The predicted octanol–water partition coefficient (Wildman–Crippen LogP) is 3.82. The summed E-state index contributed by atoms with van der Waals surface area (Å²) in [6.45, 7) is 0. The first-order valence-corrected chi connectivity index (χ1v) is 5.68. The molecule has 0 fully saturated rings. The maximum absolute atomic E-state index is 9.69. The summed E-state index contributed by atoms with van der Waals surface area (Å²) in [5, 5.41) is 16.2. The van der Waals surface area contributed by atoms with Crippen LogP contribution >= 0.6 is 22.7 Å². The van der Waals surface area contributed by atoms with Crippen LogP contribution in [-0.2, 0) is 0 Å². The molecule has 0 atom stereocenters. The van der Waals surface area contributed by atoms with Gasteiger partial charge in [-0.05, 0) is 29.0 Å². The fourth-order valence-electron chi connectivity index (χ4n) is 1.56. The third-order valence-corrected chi connectivity index (χ3v) is 3.95. The second-order valence-corrected chi connectivity index (χ2v) is 4.76. The van der Waals surface area contributed by atoms with Crippen molar-refractivity contribution in [3.63, 3.8) is 0 Å². The smallest absolute Gasteiger partial charge is 0.134 e. The van der Waals surface area contributed by atoms with Gasteiger partial charge in [0.25, 0.3) is 0 Å². The summed E-state index contributed by atoms with van der Waals surface area (Å²) in [7, 11) is 0. The molecule has 0 spiro atoms. The molecular weight excluding hydrogens is 200 g/mol. The molecular formula is C10H6OS2. The number of hydrogen-bond donors (Lipinski definition) is 1. The number of hydrogen-bond acceptors (Lipinski definition) is 3. The number of aromatic hydroxyl groups is 1. The first kappa shape index (κ1) is 7.35. The van der Waals surface area contributed by atoms with Crippen molar-refractivity contribution in [3.8, 4) is 5.75 Å². The third kappa shape index (κ3) is 0.913. The van der Waals surface area contributed by atoms with Crippen LogP contribution in [0.2, 0.25) is 0 Å². The van der Waals surface area contributed by atoms with Crippen molar-refractivity contribution in [2.24, 2.45) is 0 Å². The normalized spacial score (nSPS) is 11.4. The Labute approximate surface area is 82.9 Å². The Balaban J connectivity index is 2.70. The molecule has 1 N–H and O–H groups in total. The van der Waals surface area contributed by atoms with Gasteiger partial charge in [0.15, 0.2) is 0 Å². The molecule has 0 saturated heterocycles. The maximum Gasteiger partial charge on any atom is 0.134 e. The Kier molecular flexibility index (Phi) is 1.39. The van der Waals surface area contributed by atoms with Crippen LogP contribution in [0.5, 0.6) is 5.75 Å². The van der Waals surface area contributed by atoms with Gasteiger partial charge in [-0.15, -0.1) is 22.7 Å². The van der Waals surface area contributed by atoms with Crippen molar-refractivity contribution in [1.82, 2.24) is 0 Å². The van der Waals surface area contributed by atoms with Gasteiger partial charge >= 0.3 is 0 Å². The van der Waals surface area contributed by atoms with Crippen LogP contribution in [-0.4, -0.2) is 5.11 Å². The molecule has 13 heavy (non-hydrogen) atoms. The fourth-order valence-corrected chi connectivity index (χ4v) is 3.22. The number of phenols is 1. The van der Waals surface area contributed by atoms with Crippen molar-refractivity contribution < 1.29 is 5.11 Å². The molecule has 0 aliphatic rings. The first-order chi connectivity index (χ1) is 6.36. The minimum Gasteiger partial charge on any atom is -0.506 e. The van der Waals surface area contributed by atoms with E-state index in [2.05, 4.69) is 17.5 Å². The van der Waals surface area contributed by atoms with Gasteiger partial charge in [0.1, 0.15) is 5.75 Å². The number of fused-ring (bicyclic) bond motifs is 3. The van der Waals surface area contributed by atoms with Crippen molar-refractivity contribution >= 4 is 42.8 Å². The summed E-state index contributed by atoms with van der Waals surface area (Å²) in [5.41, 5.74) is 0. The average molecular weight is 206 g/mol. The molecule has 3 rings (SSSR count). The van der Waals surface area contributed by atoms with Crippen LogP contribution < -0.4 is 0 Å². The van der Waals surface area contributed by atoms with E-state index in [4.69, 9.17) is 0 Å². The highest BCUT2D eigenvalue weighted by molar-refractivity contribution is 7.19. The lowest BCUT2D eigenvalue weighted by atomic mass is 10.2. The van der Waals surface area contributed by atoms with Gasteiger partial charge < -0.3 is 5.11 Å². The molecule has 3 aromatic rings. The lowest BCUT2D eigenvalue weighted by molar-refractivity contribution is 0.483. The molecule has 0 aliphatic heterocycles. The Bertz CT molecular complexity index is 577. The number of thiophene rings is 2. The van der Waals surface area contributed by atoms with E-state index in [0.717, 1.165) is 9.40 Å². The molecule has 0 unspecified atom stereocenters. The van der Waals surface area contributed by atoms with E-state index in [-0.39, 0.29) is 0 Å². The highest BCUT2D eigenvalue weighted by Crippen LogP contribution is 2.38. The Morgan fingerprint density at radius 2 is 1.77 bits per heavy atom. The van der Waals surface area contributed by atoms with Crippen LogP contribution in [0.3, 0.4) is 0 Å². The van der Waals surface area contributed by atoms with Gasteiger partial charge in [0.05, 0.1) is 4.70 Å². The molecule has 0 bridgehead atoms. The maximum atomic E-state index is 9.69. The average Bonchev–Trinajstić information content (AvgIpc) is 2.66. The van der Waals surface area contributed by atoms with Gasteiger partial charge in [0, 0.05) is 15.5 Å². The van der Waals surface area contributed by atoms with E-state index in [0.29, 0.717) is 5.75 Å². The summed E-state index contributed by atoms with van der Waals surface area (Å²) in [6, 6.07) is 6.02. The molecule has 2 aromatic heterocycles. The lowest BCUT2D eigenvalue weighted by Crippen LogP contribution is -1.67. The summed E-state index contributed by atoms with van der Waals surface area (Å²) < 4.78 is 2.15.